The van der Waals surface area contributed by atoms with Crippen molar-refractivity contribution in [3.63, 3.8) is 0 Å². The van der Waals surface area contributed by atoms with Gasteiger partial charge in [-0.25, -0.2) is 0 Å². The van der Waals surface area contributed by atoms with Gasteiger partial charge in [0.05, 0.1) is 0 Å². The Balaban J connectivity index is 2.32. The standard InChI is InChI=1S/C16H17Cl2N/c1-2-19-11-16(12-6-8-14(17)9-7-12)13-4-3-5-15(18)10-13/h3-10,16,19H,2,11H2,1H3. The molecule has 1 unspecified atom stereocenters. The fraction of sp³-hybridized carbons (Fsp3) is 0.250. The zero-order valence-corrected chi connectivity index (χ0v) is 12.4. The highest BCUT2D eigenvalue weighted by Gasteiger charge is 2.13. The number of rotatable bonds is 5. The van der Waals surface area contributed by atoms with Crippen LogP contribution in [0.2, 0.25) is 10.0 Å². The van der Waals surface area contributed by atoms with Gasteiger partial charge in [-0.3, -0.25) is 0 Å². The fourth-order valence-electron chi connectivity index (χ4n) is 2.14. The Morgan fingerprint density at radius 1 is 0.947 bits per heavy atom. The van der Waals surface area contributed by atoms with Crippen molar-refractivity contribution < 1.29 is 0 Å². The molecule has 0 fully saturated rings. The molecule has 19 heavy (non-hydrogen) atoms. The molecule has 0 aliphatic heterocycles. The summed E-state index contributed by atoms with van der Waals surface area (Å²) < 4.78 is 0. The third-order valence-electron chi connectivity index (χ3n) is 3.12. The third-order valence-corrected chi connectivity index (χ3v) is 3.61. The fourth-order valence-corrected chi connectivity index (χ4v) is 2.46. The predicted molar refractivity (Wildman–Crippen MR) is 83.3 cm³/mol. The molecular formula is C16H17Cl2N. The maximum Gasteiger partial charge on any atom is 0.0408 e. The molecule has 0 aliphatic rings. The van der Waals surface area contributed by atoms with E-state index in [9.17, 15) is 0 Å². The second kappa shape index (κ2) is 6.95. The molecule has 1 N–H and O–H groups in total. The molecule has 0 radical (unpaired) electrons. The number of hydrogen-bond donors (Lipinski definition) is 1. The summed E-state index contributed by atoms with van der Waals surface area (Å²) in [7, 11) is 0. The van der Waals surface area contributed by atoms with E-state index in [1.54, 1.807) is 0 Å². The van der Waals surface area contributed by atoms with E-state index in [1.165, 1.54) is 11.1 Å². The normalized spacial score (nSPS) is 12.4. The summed E-state index contributed by atoms with van der Waals surface area (Å²) in [6.07, 6.45) is 0. The number of halogens is 2. The van der Waals surface area contributed by atoms with Crippen molar-refractivity contribution in [3.8, 4) is 0 Å². The molecule has 1 atom stereocenters. The molecule has 2 aromatic carbocycles. The van der Waals surface area contributed by atoms with Gasteiger partial charge in [-0.15, -0.1) is 0 Å². The van der Waals surface area contributed by atoms with E-state index in [1.807, 2.05) is 30.3 Å². The van der Waals surface area contributed by atoms with Gasteiger partial charge in [0.1, 0.15) is 0 Å². The monoisotopic (exact) mass is 293 g/mol. The van der Waals surface area contributed by atoms with E-state index in [-0.39, 0.29) is 5.92 Å². The molecule has 1 nitrogen and oxygen atoms in total. The topological polar surface area (TPSA) is 12.0 Å². The predicted octanol–water partition coefficient (Wildman–Crippen LogP) is 4.73. The number of likely N-dealkylation sites (N-methyl/N-ethyl adjacent to an activating group) is 1. The Morgan fingerprint density at radius 3 is 2.32 bits per heavy atom. The molecule has 3 heteroatoms. The van der Waals surface area contributed by atoms with Crippen LogP contribution in [-0.4, -0.2) is 13.1 Å². The smallest absolute Gasteiger partial charge is 0.0408 e. The summed E-state index contributed by atoms with van der Waals surface area (Å²) in [6.45, 7) is 3.94. The largest absolute Gasteiger partial charge is 0.316 e. The second-order valence-corrected chi connectivity index (χ2v) is 5.34. The summed E-state index contributed by atoms with van der Waals surface area (Å²) in [6, 6.07) is 16.0. The molecule has 2 rings (SSSR count). The van der Waals surface area contributed by atoms with E-state index in [2.05, 4.69) is 30.4 Å². The van der Waals surface area contributed by atoms with Gasteiger partial charge in [-0.05, 0) is 41.9 Å². The van der Waals surface area contributed by atoms with E-state index >= 15 is 0 Å². The van der Waals surface area contributed by atoms with Crippen LogP contribution < -0.4 is 5.32 Å². The van der Waals surface area contributed by atoms with Crippen LogP contribution in [0.25, 0.3) is 0 Å². The van der Waals surface area contributed by atoms with Gasteiger partial charge < -0.3 is 5.32 Å². The maximum atomic E-state index is 6.09. The van der Waals surface area contributed by atoms with E-state index in [0.29, 0.717) is 0 Å². The highest BCUT2D eigenvalue weighted by atomic mass is 35.5. The molecule has 0 bridgehead atoms. The Kier molecular flexibility index (Phi) is 5.26. The van der Waals surface area contributed by atoms with Crippen molar-refractivity contribution in [1.29, 1.82) is 0 Å². The lowest BCUT2D eigenvalue weighted by molar-refractivity contribution is 0.658. The average molecular weight is 294 g/mol. The van der Waals surface area contributed by atoms with Crippen molar-refractivity contribution in [1.82, 2.24) is 5.32 Å². The van der Waals surface area contributed by atoms with Gasteiger partial charge in [0.25, 0.3) is 0 Å². The first-order valence-corrected chi connectivity index (χ1v) is 7.18. The van der Waals surface area contributed by atoms with Crippen molar-refractivity contribution in [2.24, 2.45) is 0 Å². The van der Waals surface area contributed by atoms with Crippen LogP contribution in [0.4, 0.5) is 0 Å². The van der Waals surface area contributed by atoms with Crippen LogP contribution in [0.1, 0.15) is 24.0 Å². The first-order valence-electron chi connectivity index (χ1n) is 6.42. The summed E-state index contributed by atoms with van der Waals surface area (Å²) in [5.41, 5.74) is 2.46. The lowest BCUT2D eigenvalue weighted by Gasteiger charge is -2.19. The SMILES string of the molecule is CCNCC(c1ccc(Cl)cc1)c1cccc(Cl)c1. The number of hydrogen-bond acceptors (Lipinski definition) is 1. The van der Waals surface area contributed by atoms with Gasteiger partial charge in [-0.1, -0.05) is 54.4 Å². The van der Waals surface area contributed by atoms with Gasteiger partial charge in [0, 0.05) is 22.5 Å². The summed E-state index contributed by atoms with van der Waals surface area (Å²) in [4.78, 5) is 0. The quantitative estimate of drug-likeness (QED) is 0.840. The van der Waals surface area contributed by atoms with Crippen LogP contribution >= 0.6 is 23.2 Å². The molecule has 0 amide bonds. The minimum Gasteiger partial charge on any atom is -0.316 e. The molecule has 2 aromatic rings. The van der Waals surface area contributed by atoms with Gasteiger partial charge >= 0.3 is 0 Å². The molecule has 0 aliphatic carbocycles. The zero-order chi connectivity index (χ0) is 13.7. The first-order chi connectivity index (χ1) is 9.20. The molecule has 0 heterocycles. The minimum atomic E-state index is 0.288. The maximum absolute atomic E-state index is 6.09. The lowest BCUT2D eigenvalue weighted by atomic mass is 9.91. The first kappa shape index (κ1) is 14.4. The average Bonchev–Trinajstić information content (AvgIpc) is 2.41. The van der Waals surface area contributed by atoms with Crippen molar-refractivity contribution in [2.45, 2.75) is 12.8 Å². The van der Waals surface area contributed by atoms with Crippen LogP contribution in [-0.2, 0) is 0 Å². The van der Waals surface area contributed by atoms with Gasteiger partial charge in [0.2, 0.25) is 0 Å². The van der Waals surface area contributed by atoms with Crippen LogP contribution in [0.15, 0.2) is 48.5 Å². The lowest BCUT2D eigenvalue weighted by Crippen LogP contribution is -2.22. The van der Waals surface area contributed by atoms with Crippen molar-refractivity contribution in [2.75, 3.05) is 13.1 Å². The summed E-state index contributed by atoms with van der Waals surface area (Å²) in [5.74, 6) is 0.288. The van der Waals surface area contributed by atoms with Crippen molar-refractivity contribution in [3.05, 3.63) is 69.7 Å². The molecule has 0 spiro atoms. The zero-order valence-electron chi connectivity index (χ0n) is 10.9. The summed E-state index contributed by atoms with van der Waals surface area (Å²) >= 11 is 12.0. The van der Waals surface area contributed by atoms with Crippen molar-refractivity contribution >= 4 is 23.2 Å². The van der Waals surface area contributed by atoms with E-state index in [0.717, 1.165) is 23.1 Å². The number of nitrogens with one attached hydrogen (secondary N) is 1. The Labute approximate surface area is 124 Å². The molecular weight excluding hydrogens is 277 g/mol. The third kappa shape index (κ3) is 3.97. The van der Waals surface area contributed by atoms with E-state index in [4.69, 9.17) is 23.2 Å². The van der Waals surface area contributed by atoms with Crippen LogP contribution in [0.5, 0.6) is 0 Å². The summed E-state index contributed by atoms with van der Waals surface area (Å²) in [5, 5.41) is 4.94. The Hall–Kier alpha value is -1.02. The second-order valence-electron chi connectivity index (χ2n) is 4.47. The molecule has 100 valence electrons. The van der Waals surface area contributed by atoms with Gasteiger partial charge in [-0.2, -0.15) is 0 Å². The number of benzene rings is 2. The highest BCUT2D eigenvalue weighted by molar-refractivity contribution is 6.30. The highest BCUT2D eigenvalue weighted by Crippen LogP contribution is 2.27. The van der Waals surface area contributed by atoms with E-state index < -0.39 is 0 Å². The van der Waals surface area contributed by atoms with Gasteiger partial charge in [0.15, 0.2) is 0 Å². The van der Waals surface area contributed by atoms with Crippen LogP contribution in [0, 0.1) is 0 Å². The van der Waals surface area contributed by atoms with Crippen LogP contribution in [0.3, 0.4) is 0 Å². The minimum absolute atomic E-state index is 0.288. The molecule has 0 aromatic heterocycles. The Bertz CT molecular complexity index is 523. The molecule has 0 saturated carbocycles. The Morgan fingerprint density at radius 2 is 1.68 bits per heavy atom. The molecule has 0 saturated heterocycles.